The number of fused-ring (bicyclic) bond motifs is 3. The van der Waals surface area contributed by atoms with Crippen LogP contribution in [0.25, 0.3) is 0 Å². The summed E-state index contributed by atoms with van der Waals surface area (Å²) in [6.07, 6.45) is 4.54. The molecular weight excluding hydrogens is 198 g/mol. The van der Waals surface area contributed by atoms with E-state index in [-0.39, 0.29) is 11.5 Å². The lowest BCUT2D eigenvalue weighted by Gasteiger charge is -2.60. The number of hydrogen-bond donors (Lipinski definition) is 0. The van der Waals surface area contributed by atoms with Gasteiger partial charge < -0.3 is 4.74 Å². The van der Waals surface area contributed by atoms with Crippen LogP contribution in [0, 0.1) is 34.0 Å². The highest BCUT2D eigenvalue weighted by Gasteiger charge is 2.59. The first kappa shape index (κ1) is 11.9. The molecule has 0 aliphatic heterocycles. The van der Waals surface area contributed by atoms with Gasteiger partial charge in [0, 0.05) is 12.5 Å². The molecule has 2 heteroatoms. The summed E-state index contributed by atoms with van der Waals surface area (Å²) in [6.45, 7) is 6.94. The van der Waals surface area contributed by atoms with Gasteiger partial charge in [-0.25, -0.2) is 0 Å². The molecule has 0 aromatic carbocycles. The third-order valence-electron chi connectivity index (χ3n) is 5.42. The molecule has 0 heterocycles. The van der Waals surface area contributed by atoms with E-state index in [0.29, 0.717) is 17.3 Å². The summed E-state index contributed by atoms with van der Waals surface area (Å²) in [5.41, 5.74) is 0.226. The molecule has 4 unspecified atom stereocenters. The molecule has 0 amide bonds. The molecule has 16 heavy (non-hydrogen) atoms. The van der Waals surface area contributed by atoms with E-state index in [1.165, 1.54) is 0 Å². The first-order chi connectivity index (χ1) is 7.50. The van der Waals surface area contributed by atoms with Crippen molar-refractivity contribution < 1.29 is 4.74 Å². The Morgan fingerprint density at radius 3 is 2.44 bits per heavy atom. The molecule has 4 atom stereocenters. The molecule has 3 aliphatic carbocycles. The minimum absolute atomic E-state index is 0.0866. The average molecular weight is 221 g/mol. The van der Waals surface area contributed by atoms with Gasteiger partial charge in [-0.3, -0.25) is 0 Å². The second-order valence-corrected chi connectivity index (χ2v) is 6.19. The highest BCUT2D eigenvalue weighted by atomic mass is 16.5. The molecule has 0 aromatic heterocycles. The first-order valence-electron chi connectivity index (χ1n) is 6.45. The van der Waals surface area contributed by atoms with Gasteiger partial charge in [-0.05, 0) is 37.5 Å². The number of rotatable bonds is 2. The number of nitrogens with zero attached hydrogens (tertiary/aromatic N) is 1. The van der Waals surface area contributed by atoms with Gasteiger partial charge in [0.1, 0.15) is 0 Å². The van der Waals surface area contributed by atoms with Gasteiger partial charge in [-0.2, -0.15) is 5.26 Å². The van der Waals surface area contributed by atoms with Crippen LogP contribution in [0.4, 0.5) is 0 Å². The average Bonchev–Trinajstić information content (AvgIpc) is 2.28. The van der Waals surface area contributed by atoms with Gasteiger partial charge in [-0.1, -0.05) is 20.8 Å². The molecule has 90 valence electrons. The summed E-state index contributed by atoms with van der Waals surface area (Å²) in [5.74, 6) is 1.25. The largest absolute Gasteiger partial charge is 0.381 e. The van der Waals surface area contributed by atoms with Gasteiger partial charge >= 0.3 is 0 Å². The summed E-state index contributed by atoms with van der Waals surface area (Å²) in [5, 5.41) is 9.41. The molecule has 0 aromatic rings. The molecule has 2 bridgehead atoms. The van der Waals surface area contributed by atoms with Crippen LogP contribution in [0.3, 0.4) is 0 Å². The summed E-state index contributed by atoms with van der Waals surface area (Å²) in [4.78, 5) is 0. The molecule has 3 saturated carbocycles. The summed E-state index contributed by atoms with van der Waals surface area (Å²) < 4.78 is 5.74. The predicted molar refractivity (Wildman–Crippen MR) is 63.7 cm³/mol. The topological polar surface area (TPSA) is 33.0 Å². The van der Waals surface area contributed by atoms with Crippen molar-refractivity contribution in [3.8, 4) is 6.07 Å². The Kier molecular flexibility index (Phi) is 2.78. The standard InChI is InChI=1S/C14H23NO/c1-10(2)14-6-5-13(9-15,7-11(14)3)8-12(14)16-4/h10-12H,5-8H2,1-4H3. The minimum atomic E-state index is -0.0866. The van der Waals surface area contributed by atoms with E-state index < -0.39 is 0 Å². The zero-order valence-corrected chi connectivity index (χ0v) is 10.9. The molecular formula is C14H23NO. The SMILES string of the molecule is COC1CC2(C#N)CCC1(C(C)C)C(C)C2. The van der Waals surface area contributed by atoms with Crippen LogP contribution in [0.5, 0.6) is 0 Å². The maximum atomic E-state index is 9.41. The van der Waals surface area contributed by atoms with Crippen molar-refractivity contribution in [2.24, 2.45) is 22.7 Å². The maximum absolute atomic E-state index is 9.41. The maximum Gasteiger partial charge on any atom is 0.0690 e. The Hall–Kier alpha value is -0.550. The van der Waals surface area contributed by atoms with Crippen molar-refractivity contribution >= 4 is 0 Å². The molecule has 3 rings (SSSR count). The minimum Gasteiger partial charge on any atom is -0.381 e. The predicted octanol–water partition coefficient (Wildman–Crippen LogP) is 3.38. The van der Waals surface area contributed by atoms with Gasteiger partial charge in [0.25, 0.3) is 0 Å². The molecule has 0 spiro atoms. The quantitative estimate of drug-likeness (QED) is 0.716. The van der Waals surface area contributed by atoms with E-state index >= 15 is 0 Å². The number of methoxy groups -OCH3 is 1. The Labute approximate surface area is 99.0 Å². The van der Waals surface area contributed by atoms with Crippen molar-refractivity contribution in [2.45, 2.75) is 52.6 Å². The van der Waals surface area contributed by atoms with Crippen LogP contribution in [0.2, 0.25) is 0 Å². The number of ether oxygens (including phenoxy) is 1. The second kappa shape index (κ2) is 3.74. The normalized spacial score (nSPS) is 47.0. The third-order valence-corrected chi connectivity index (χ3v) is 5.42. The van der Waals surface area contributed by atoms with Crippen LogP contribution in [-0.2, 0) is 4.74 Å². The monoisotopic (exact) mass is 221 g/mol. The first-order valence-corrected chi connectivity index (χ1v) is 6.45. The zero-order chi connectivity index (χ0) is 12.0. The highest BCUT2D eigenvalue weighted by Crippen LogP contribution is 2.62. The fourth-order valence-electron chi connectivity index (χ4n) is 4.47. The van der Waals surface area contributed by atoms with Crippen molar-refractivity contribution in [1.29, 1.82) is 5.26 Å². The van der Waals surface area contributed by atoms with E-state index in [1.807, 2.05) is 7.11 Å². The highest BCUT2D eigenvalue weighted by molar-refractivity contribution is 5.15. The lowest BCUT2D eigenvalue weighted by molar-refractivity contribution is -0.169. The Morgan fingerprint density at radius 2 is 2.00 bits per heavy atom. The van der Waals surface area contributed by atoms with Crippen LogP contribution >= 0.6 is 0 Å². The smallest absolute Gasteiger partial charge is 0.0690 e. The van der Waals surface area contributed by atoms with Crippen LogP contribution < -0.4 is 0 Å². The molecule has 3 fully saturated rings. The van der Waals surface area contributed by atoms with E-state index in [4.69, 9.17) is 4.74 Å². The van der Waals surface area contributed by atoms with E-state index in [0.717, 1.165) is 25.7 Å². The van der Waals surface area contributed by atoms with Gasteiger partial charge in [0.2, 0.25) is 0 Å². The third kappa shape index (κ3) is 1.34. The van der Waals surface area contributed by atoms with Gasteiger partial charge in [0.05, 0.1) is 17.6 Å². The summed E-state index contributed by atoms with van der Waals surface area (Å²) in [7, 11) is 1.81. The van der Waals surface area contributed by atoms with Crippen molar-refractivity contribution in [3.05, 3.63) is 0 Å². The zero-order valence-electron chi connectivity index (χ0n) is 10.9. The number of hydrogen-bond acceptors (Lipinski definition) is 2. The summed E-state index contributed by atoms with van der Waals surface area (Å²) in [6, 6.07) is 2.58. The molecule has 0 N–H and O–H groups in total. The molecule has 2 nitrogen and oxygen atoms in total. The van der Waals surface area contributed by atoms with Crippen molar-refractivity contribution in [3.63, 3.8) is 0 Å². The fourth-order valence-corrected chi connectivity index (χ4v) is 4.47. The lowest BCUT2D eigenvalue weighted by atomic mass is 9.45. The second-order valence-electron chi connectivity index (χ2n) is 6.19. The Balaban J connectivity index is 2.38. The summed E-state index contributed by atoms with van der Waals surface area (Å²) >= 11 is 0. The van der Waals surface area contributed by atoms with Crippen molar-refractivity contribution in [2.75, 3.05) is 7.11 Å². The Bertz CT molecular complexity index is 319. The van der Waals surface area contributed by atoms with Gasteiger partial charge in [0.15, 0.2) is 0 Å². The lowest BCUT2D eigenvalue weighted by Crippen LogP contribution is -2.58. The van der Waals surface area contributed by atoms with Gasteiger partial charge in [-0.15, -0.1) is 0 Å². The molecule has 0 radical (unpaired) electrons. The van der Waals surface area contributed by atoms with E-state index in [9.17, 15) is 5.26 Å². The molecule has 0 saturated heterocycles. The number of nitriles is 1. The van der Waals surface area contributed by atoms with Crippen LogP contribution in [0.1, 0.15) is 46.5 Å². The van der Waals surface area contributed by atoms with Crippen LogP contribution in [0.15, 0.2) is 0 Å². The van der Waals surface area contributed by atoms with E-state index in [1.54, 1.807) is 0 Å². The van der Waals surface area contributed by atoms with Crippen LogP contribution in [-0.4, -0.2) is 13.2 Å². The van der Waals surface area contributed by atoms with Crippen molar-refractivity contribution in [1.82, 2.24) is 0 Å². The molecule has 3 aliphatic rings. The Morgan fingerprint density at radius 1 is 1.31 bits per heavy atom. The van der Waals surface area contributed by atoms with E-state index in [2.05, 4.69) is 26.8 Å². The fraction of sp³-hybridized carbons (Fsp3) is 0.929.